The molecule has 1 fully saturated rings. The number of hydrogen-bond acceptors (Lipinski definition) is 6. The number of nitrogens with two attached hydrogens (primary N) is 1. The van der Waals surface area contributed by atoms with Crippen LogP contribution in [0.25, 0.3) is 0 Å². The van der Waals surface area contributed by atoms with E-state index in [1.165, 1.54) is 0 Å². The largest absolute Gasteiger partial charge is 0.386 e. The average Bonchev–Trinajstić information content (AvgIpc) is 2.81. The van der Waals surface area contributed by atoms with Crippen molar-refractivity contribution in [2.45, 2.75) is 18.4 Å². The summed E-state index contributed by atoms with van der Waals surface area (Å²) in [6.45, 7) is 2.45. The molecule has 112 valence electrons. The van der Waals surface area contributed by atoms with Gasteiger partial charge in [0.05, 0.1) is 17.7 Å². The molecule has 0 spiro atoms. The van der Waals surface area contributed by atoms with Crippen LogP contribution >= 0.6 is 0 Å². The van der Waals surface area contributed by atoms with Crippen molar-refractivity contribution < 1.29 is 19.1 Å². The quantitative estimate of drug-likeness (QED) is 0.621. The van der Waals surface area contributed by atoms with Gasteiger partial charge >= 0.3 is 11.9 Å². The van der Waals surface area contributed by atoms with Gasteiger partial charge in [0.1, 0.15) is 5.60 Å². The van der Waals surface area contributed by atoms with Gasteiger partial charge in [0.25, 0.3) is 0 Å². The van der Waals surface area contributed by atoms with E-state index < -0.39 is 17.5 Å². The topological polar surface area (TPSA) is 90.7 Å². The van der Waals surface area contributed by atoms with Crippen LogP contribution in [0.2, 0.25) is 0 Å². The summed E-state index contributed by atoms with van der Waals surface area (Å²) in [4.78, 5) is 23.7. The molecule has 1 atom stereocenters. The summed E-state index contributed by atoms with van der Waals surface area (Å²) in [5.41, 5.74) is 6.36. The predicted molar refractivity (Wildman–Crippen MR) is 75.0 cm³/mol. The number of hydrogen-bond donors (Lipinski definition) is 2. The van der Waals surface area contributed by atoms with Gasteiger partial charge < -0.3 is 20.5 Å². The Morgan fingerprint density at radius 1 is 1.29 bits per heavy atom. The Balaban J connectivity index is 2.08. The van der Waals surface area contributed by atoms with Crippen molar-refractivity contribution in [1.29, 1.82) is 0 Å². The standard InChI is InChI=1S/C15H18N2O4/c16-6-2-5-15(9-17-7-8-20-15)11-4-1-3-10-12(11)14(19)21-13(10)18/h1,3-4,17H,2,5-9,16H2. The number of ether oxygens (including phenoxy) is 2. The third-order valence-electron chi connectivity index (χ3n) is 4.02. The Morgan fingerprint density at radius 2 is 2.14 bits per heavy atom. The second kappa shape index (κ2) is 5.55. The summed E-state index contributed by atoms with van der Waals surface area (Å²) in [5.74, 6) is -1.18. The van der Waals surface area contributed by atoms with Crippen LogP contribution in [0.5, 0.6) is 0 Å². The van der Waals surface area contributed by atoms with Crippen LogP contribution in [0.4, 0.5) is 0 Å². The number of nitrogens with one attached hydrogen (secondary N) is 1. The van der Waals surface area contributed by atoms with Gasteiger partial charge in [0.2, 0.25) is 0 Å². The zero-order chi connectivity index (χ0) is 14.9. The molecule has 21 heavy (non-hydrogen) atoms. The van der Waals surface area contributed by atoms with Crippen molar-refractivity contribution in [1.82, 2.24) is 5.32 Å². The van der Waals surface area contributed by atoms with Crippen LogP contribution in [0, 0.1) is 0 Å². The fraction of sp³-hybridized carbons (Fsp3) is 0.467. The summed E-state index contributed by atoms with van der Waals surface area (Å²) < 4.78 is 10.8. The van der Waals surface area contributed by atoms with Crippen molar-refractivity contribution in [3.05, 3.63) is 34.9 Å². The molecule has 3 N–H and O–H groups in total. The summed E-state index contributed by atoms with van der Waals surface area (Å²) in [5, 5.41) is 3.30. The summed E-state index contributed by atoms with van der Waals surface area (Å²) >= 11 is 0. The second-order valence-electron chi connectivity index (χ2n) is 5.32. The lowest BCUT2D eigenvalue weighted by atomic mass is 9.83. The number of esters is 2. The van der Waals surface area contributed by atoms with Crippen LogP contribution in [0.1, 0.15) is 39.1 Å². The van der Waals surface area contributed by atoms with Crippen molar-refractivity contribution in [2.75, 3.05) is 26.2 Å². The first kappa shape index (κ1) is 14.2. The maximum absolute atomic E-state index is 12.0. The number of carbonyl (C=O) groups excluding carboxylic acids is 2. The van der Waals surface area contributed by atoms with Crippen LogP contribution in [-0.2, 0) is 15.1 Å². The maximum Gasteiger partial charge on any atom is 0.347 e. The summed E-state index contributed by atoms with van der Waals surface area (Å²) in [7, 11) is 0. The van der Waals surface area contributed by atoms with Crippen molar-refractivity contribution in [3.8, 4) is 0 Å². The number of cyclic esters (lactones) is 2. The molecule has 0 saturated carbocycles. The molecule has 2 aliphatic rings. The molecule has 1 aromatic carbocycles. The SMILES string of the molecule is NCCCC1(c2cccc3c2C(=O)OC3=O)CNCCO1. The predicted octanol–water partition coefficient (Wildman–Crippen LogP) is 0.551. The number of morpholine rings is 1. The first-order valence-corrected chi connectivity index (χ1v) is 7.13. The van der Waals surface area contributed by atoms with Gasteiger partial charge in [-0.05, 0) is 25.5 Å². The minimum absolute atomic E-state index is 0.318. The second-order valence-corrected chi connectivity index (χ2v) is 5.32. The molecule has 1 unspecified atom stereocenters. The highest BCUT2D eigenvalue weighted by atomic mass is 16.6. The van der Waals surface area contributed by atoms with Crippen LogP contribution in [0.3, 0.4) is 0 Å². The Kier molecular flexibility index (Phi) is 3.75. The van der Waals surface area contributed by atoms with E-state index in [9.17, 15) is 9.59 Å². The average molecular weight is 290 g/mol. The molecule has 0 bridgehead atoms. The van der Waals surface area contributed by atoms with E-state index in [0.29, 0.717) is 37.2 Å². The first-order valence-electron chi connectivity index (χ1n) is 7.13. The molecule has 6 nitrogen and oxygen atoms in total. The van der Waals surface area contributed by atoms with E-state index in [1.54, 1.807) is 12.1 Å². The fourth-order valence-corrected chi connectivity index (χ4v) is 3.03. The van der Waals surface area contributed by atoms with Gasteiger partial charge in [-0.15, -0.1) is 0 Å². The van der Waals surface area contributed by atoms with Gasteiger partial charge in [0.15, 0.2) is 0 Å². The molecule has 0 amide bonds. The van der Waals surface area contributed by atoms with Crippen molar-refractivity contribution >= 4 is 11.9 Å². The smallest absolute Gasteiger partial charge is 0.347 e. The third kappa shape index (κ3) is 2.35. The molecular weight excluding hydrogens is 272 g/mol. The lowest BCUT2D eigenvalue weighted by molar-refractivity contribution is -0.0779. The third-order valence-corrected chi connectivity index (χ3v) is 4.02. The molecule has 1 aromatic rings. The van der Waals surface area contributed by atoms with E-state index in [1.807, 2.05) is 6.07 Å². The molecule has 1 saturated heterocycles. The van der Waals surface area contributed by atoms with Gasteiger partial charge in [0, 0.05) is 18.7 Å². The zero-order valence-corrected chi connectivity index (χ0v) is 11.7. The molecule has 2 heterocycles. The van der Waals surface area contributed by atoms with E-state index in [-0.39, 0.29) is 0 Å². The Bertz CT molecular complexity index is 579. The highest BCUT2D eigenvalue weighted by Crippen LogP contribution is 2.37. The van der Waals surface area contributed by atoms with E-state index in [2.05, 4.69) is 5.32 Å². The van der Waals surface area contributed by atoms with Crippen molar-refractivity contribution in [2.24, 2.45) is 5.73 Å². The van der Waals surface area contributed by atoms with Gasteiger partial charge in [-0.25, -0.2) is 9.59 Å². The van der Waals surface area contributed by atoms with Crippen LogP contribution < -0.4 is 11.1 Å². The number of rotatable bonds is 4. The number of fused-ring (bicyclic) bond motifs is 1. The summed E-state index contributed by atoms with van der Waals surface area (Å²) in [6, 6.07) is 5.21. The Hall–Kier alpha value is -1.76. The Morgan fingerprint density at radius 3 is 2.86 bits per heavy atom. The fourth-order valence-electron chi connectivity index (χ4n) is 3.03. The monoisotopic (exact) mass is 290 g/mol. The van der Waals surface area contributed by atoms with Crippen LogP contribution in [-0.4, -0.2) is 38.2 Å². The lowest BCUT2D eigenvalue weighted by Gasteiger charge is -2.39. The number of benzene rings is 1. The highest BCUT2D eigenvalue weighted by Gasteiger charge is 2.42. The molecular formula is C15H18N2O4. The summed E-state index contributed by atoms with van der Waals surface area (Å²) in [6.07, 6.45) is 1.46. The van der Waals surface area contributed by atoms with E-state index in [4.69, 9.17) is 15.2 Å². The van der Waals surface area contributed by atoms with E-state index >= 15 is 0 Å². The van der Waals surface area contributed by atoms with E-state index in [0.717, 1.165) is 18.5 Å². The minimum atomic E-state index is -0.632. The normalized spacial score (nSPS) is 24.8. The molecule has 2 aliphatic heterocycles. The first-order chi connectivity index (χ1) is 10.2. The molecule has 0 aromatic heterocycles. The van der Waals surface area contributed by atoms with Gasteiger partial charge in [-0.3, -0.25) is 0 Å². The highest BCUT2D eigenvalue weighted by molar-refractivity contribution is 6.15. The maximum atomic E-state index is 12.0. The van der Waals surface area contributed by atoms with Gasteiger partial charge in [-0.1, -0.05) is 12.1 Å². The molecule has 6 heteroatoms. The zero-order valence-electron chi connectivity index (χ0n) is 11.7. The van der Waals surface area contributed by atoms with Crippen molar-refractivity contribution in [3.63, 3.8) is 0 Å². The Labute approximate surface area is 122 Å². The molecule has 0 radical (unpaired) electrons. The van der Waals surface area contributed by atoms with Crippen LogP contribution in [0.15, 0.2) is 18.2 Å². The molecule has 0 aliphatic carbocycles. The number of carbonyl (C=O) groups is 2. The lowest BCUT2D eigenvalue weighted by Crippen LogP contribution is -2.48. The minimum Gasteiger partial charge on any atom is -0.386 e. The van der Waals surface area contributed by atoms with Gasteiger partial charge in [-0.2, -0.15) is 0 Å². The molecule has 3 rings (SSSR count).